The molecule has 1 heterocycles. The molecule has 0 atom stereocenters. The van der Waals surface area contributed by atoms with Gasteiger partial charge in [0.25, 0.3) is 5.56 Å². The molecular formula is C16H18N2O3S. The van der Waals surface area contributed by atoms with Crippen molar-refractivity contribution in [2.75, 3.05) is 13.4 Å². The van der Waals surface area contributed by atoms with Crippen molar-refractivity contribution in [2.24, 2.45) is 0 Å². The number of aromatic nitrogens is 2. The Labute approximate surface area is 133 Å². The fourth-order valence-corrected chi connectivity index (χ4v) is 2.57. The summed E-state index contributed by atoms with van der Waals surface area (Å²) in [6, 6.07) is 7.05. The van der Waals surface area contributed by atoms with Crippen LogP contribution in [0.15, 0.2) is 34.2 Å². The standard InChI is InChI=1S/C16H18N2O3S/c1-4-13-12(14(19)18-16(17-13)22-3)9-10-5-7-11(8-6-10)15(20)21-2/h5-8H,4,9H2,1-3H3,(H,17,18,19). The van der Waals surface area contributed by atoms with Crippen LogP contribution in [0.4, 0.5) is 0 Å². The van der Waals surface area contributed by atoms with E-state index < -0.39 is 0 Å². The molecule has 1 aromatic heterocycles. The first kappa shape index (κ1) is 16.3. The van der Waals surface area contributed by atoms with E-state index in [1.165, 1.54) is 18.9 Å². The molecule has 0 aliphatic carbocycles. The number of hydrogen-bond donors (Lipinski definition) is 1. The number of methoxy groups -OCH3 is 1. The summed E-state index contributed by atoms with van der Waals surface area (Å²) in [5.74, 6) is -0.371. The van der Waals surface area contributed by atoms with Crippen LogP contribution >= 0.6 is 11.8 Å². The Kier molecular flexibility index (Phi) is 5.38. The van der Waals surface area contributed by atoms with Crippen molar-refractivity contribution in [3.8, 4) is 0 Å². The van der Waals surface area contributed by atoms with Gasteiger partial charge in [0.2, 0.25) is 0 Å². The molecule has 5 nitrogen and oxygen atoms in total. The van der Waals surface area contributed by atoms with Crippen LogP contribution in [0.1, 0.15) is 34.1 Å². The van der Waals surface area contributed by atoms with Gasteiger partial charge < -0.3 is 9.72 Å². The summed E-state index contributed by atoms with van der Waals surface area (Å²) in [6.45, 7) is 1.98. The quantitative estimate of drug-likeness (QED) is 0.521. The van der Waals surface area contributed by atoms with Crippen LogP contribution in [0.25, 0.3) is 0 Å². The van der Waals surface area contributed by atoms with Crippen LogP contribution < -0.4 is 5.56 Å². The van der Waals surface area contributed by atoms with Gasteiger partial charge in [0.05, 0.1) is 18.4 Å². The highest BCUT2D eigenvalue weighted by atomic mass is 32.2. The topological polar surface area (TPSA) is 72.0 Å². The average Bonchev–Trinajstić information content (AvgIpc) is 2.56. The van der Waals surface area contributed by atoms with E-state index in [1.54, 1.807) is 12.1 Å². The van der Waals surface area contributed by atoms with Crippen molar-refractivity contribution in [1.82, 2.24) is 9.97 Å². The molecule has 0 fully saturated rings. The minimum Gasteiger partial charge on any atom is -0.465 e. The highest BCUT2D eigenvalue weighted by Crippen LogP contribution is 2.14. The molecule has 1 N–H and O–H groups in total. The fourth-order valence-electron chi connectivity index (χ4n) is 2.17. The maximum Gasteiger partial charge on any atom is 0.337 e. The van der Waals surface area contributed by atoms with Crippen molar-refractivity contribution >= 4 is 17.7 Å². The number of ether oxygens (including phenoxy) is 1. The van der Waals surface area contributed by atoms with E-state index in [0.29, 0.717) is 29.1 Å². The molecule has 0 aliphatic rings. The zero-order chi connectivity index (χ0) is 16.1. The van der Waals surface area contributed by atoms with Crippen LogP contribution in [0.3, 0.4) is 0 Å². The van der Waals surface area contributed by atoms with Crippen molar-refractivity contribution in [3.63, 3.8) is 0 Å². The second kappa shape index (κ2) is 7.26. The van der Waals surface area contributed by atoms with Gasteiger partial charge in [-0.05, 0) is 30.4 Å². The summed E-state index contributed by atoms with van der Waals surface area (Å²) >= 11 is 1.42. The van der Waals surface area contributed by atoms with Crippen LogP contribution in [0.2, 0.25) is 0 Å². The third kappa shape index (κ3) is 3.57. The molecule has 0 saturated carbocycles. The number of carbonyl (C=O) groups is 1. The fraction of sp³-hybridized carbons (Fsp3) is 0.312. The largest absolute Gasteiger partial charge is 0.465 e. The number of aryl methyl sites for hydroxylation is 1. The molecule has 0 amide bonds. The molecule has 22 heavy (non-hydrogen) atoms. The van der Waals surface area contributed by atoms with Gasteiger partial charge in [-0.2, -0.15) is 0 Å². The average molecular weight is 318 g/mol. The Hall–Kier alpha value is -2.08. The van der Waals surface area contributed by atoms with E-state index >= 15 is 0 Å². The number of H-pyrrole nitrogens is 1. The Morgan fingerprint density at radius 3 is 2.55 bits per heavy atom. The molecular weight excluding hydrogens is 300 g/mol. The number of nitrogens with one attached hydrogen (secondary N) is 1. The Bertz CT molecular complexity index is 723. The SMILES string of the molecule is CCc1nc(SC)[nH]c(=O)c1Cc1ccc(C(=O)OC)cc1. The van der Waals surface area contributed by atoms with Crippen molar-refractivity contribution in [2.45, 2.75) is 24.9 Å². The first-order chi connectivity index (χ1) is 10.6. The second-order valence-corrected chi connectivity index (χ2v) is 5.51. The van der Waals surface area contributed by atoms with Crippen molar-refractivity contribution in [3.05, 3.63) is 57.0 Å². The summed E-state index contributed by atoms with van der Waals surface area (Å²) in [5, 5.41) is 0.631. The van der Waals surface area contributed by atoms with Gasteiger partial charge in [-0.1, -0.05) is 30.8 Å². The zero-order valence-electron chi connectivity index (χ0n) is 12.8. The Morgan fingerprint density at radius 1 is 1.32 bits per heavy atom. The first-order valence-electron chi connectivity index (χ1n) is 6.92. The molecule has 116 valence electrons. The maximum atomic E-state index is 12.2. The Morgan fingerprint density at radius 2 is 2.00 bits per heavy atom. The lowest BCUT2D eigenvalue weighted by Gasteiger charge is -2.08. The zero-order valence-corrected chi connectivity index (χ0v) is 13.6. The van der Waals surface area contributed by atoms with Crippen LogP contribution in [0, 0.1) is 0 Å². The summed E-state index contributed by atoms with van der Waals surface area (Å²) in [6.07, 6.45) is 3.07. The molecule has 0 spiro atoms. The molecule has 0 unspecified atom stereocenters. The third-order valence-electron chi connectivity index (χ3n) is 3.36. The predicted molar refractivity (Wildman–Crippen MR) is 86.6 cm³/mol. The van der Waals surface area contributed by atoms with E-state index in [-0.39, 0.29) is 11.5 Å². The van der Waals surface area contributed by atoms with Crippen LogP contribution in [-0.2, 0) is 17.6 Å². The molecule has 6 heteroatoms. The number of aromatic amines is 1. The molecule has 0 saturated heterocycles. The smallest absolute Gasteiger partial charge is 0.337 e. The first-order valence-corrected chi connectivity index (χ1v) is 8.14. The monoisotopic (exact) mass is 318 g/mol. The lowest BCUT2D eigenvalue weighted by atomic mass is 10.0. The molecule has 2 aromatic rings. The lowest BCUT2D eigenvalue weighted by molar-refractivity contribution is 0.0600. The highest BCUT2D eigenvalue weighted by molar-refractivity contribution is 7.98. The second-order valence-electron chi connectivity index (χ2n) is 4.72. The molecule has 0 aliphatic heterocycles. The molecule has 0 radical (unpaired) electrons. The summed E-state index contributed by atoms with van der Waals surface area (Å²) in [5.41, 5.74) is 2.82. The normalized spacial score (nSPS) is 10.5. The number of carbonyl (C=O) groups excluding carboxylic acids is 1. The molecule has 0 bridgehead atoms. The van der Waals surface area contributed by atoms with E-state index in [0.717, 1.165) is 11.3 Å². The summed E-state index contributed by atoms with van der Waals surface area (Å²) in [7, 11) is 1.35. The van der Waals surface area contributed by atoms with E-state index in [2.05, 4.69) is 14.7 Å². The van der Waals surface area contributed by atoms with Crippen molar-refractivity contribution < 1.29 is 9.53 Å². The van der Waals surface area contributed by atoms with Gasteiger partial charge in [0.15, 0.2) is 5.16 Å². The van der Waals surface area contributed by atoms with Gasteiger partial charge in [0.1, 0.15) is 0 Å². The van der Waals surface area contributed by atoms with Crippen LogP contribution in [0.5, 0.6) is 0 Å². The maximum absolute atomic E-state index is 12.2. The summed E-state index contributed by atoms with van der Waals surface area (Å²) in [4.78, 5) is 30.9. The van der Waals surface area contributed by atoms with E-state index in [1.807, 2.05) is 25.3 Å². The number of rotatable bonds is 5. The lowest BCUT2D eigenvalue weighted by Crippen LogP contribution is -2.19. The van der Waals surface area contributed by atoms with Gasteiger partial charge >= 0.3 is 5.97 Å². The van der Waals surface area contributed by atoms with Gasteiger partial charge in [0, 0.05) is 12.0 Å². The van der Waals surface area contributed by atoms with E-state index in [4.69, 9.17) is 0 Å². The number of nitrogens with zero attached hydrogens (tertiary/aromatic N) is 1. The molecule has 2 rings (SSSR count). The highest BCUT2D eigenvalue weighted by Gasteiger charge is 2.11. The number of hydrogen-bond acceptors (Lipinski definition) is 5. The Balaban J connectivity index is 2.31. The predicted octanol–water partition coefficient (Wildman–Crippen LogP) is 2.43. The van der Waals surface area contributed by atoms with Crippen molar-refractivity contribution in [1.29, 1.82) is 0 Å². The minimum absolute atomic E-state index is 0.103. The number of benzene rings is 1. The number of thioether (sulfide) groups is 1. The van der Waals surface area contributed by atoms with Gasteiger partial charge in [-0.15, -0.1) is 0 Å². The van der Waals surface area contributed by atoms with Gasteiger partial charge in [-0.25, -0.2) is 9.78 Å². The van der Waals surface area contributed by atoms with Crippen LogP contribution in [-0.4, -0.2) is 29.3 Å². The number of esters is 1. The minimum atomic E-state index is -0.371. The summed E-state index contributed by atoms with van der Waals surface area (Å²) < 4.78 is 4.67. The third-order valence-corrected chi connectivity index (χ3v) is 3.94. The van der Waals surface area contributed by atoms with E-state index in [9.17, 15) is 9.59 Å². The van der Waals surface area contributed by atoms with Gasteiger partial charge in [-0.3, -0.25) is 4.79 Å². The molecule has 1 aromatic carbocycles.